The molecular formula is C15H18BrN5O. The molecule has 2 aromatic heterocycles. The smallest absolute Gasteiger partial charge is 0.218 e. The van der Waals surface area contributed by atoms with E-state index in [2.05, 4.69) is 41.1 Å². The lowest BCUT2D eigenvalue weighted by Gasteiger charge is -2.19. The summed E-state index contributed by atoms with van der Waals surface area (Å²) >= 11 is 3.49. The van der Waals surface area contributed by atoms with E-state index in [9.17, 15) is 0 Å². The molecule has 1 atom stereocenters. The number of methoxy groups -OCH3 is 1. The predicted octanol–water partition coefficient (Wildman–Crippen LogP) is 2.64. The van der Waals surface area contributed by atoms with E-state index in [-0.39, 0.29) is 0 Å². The number of nitrogens with zero attached hydrogens (tertiary/aromatic N) is 4. The van der Waals surface area contributed by atoms with Crippen LogP contribution in [0.4, 0.5) is 11.6 Å². The average molecular weight is 364 g/mol. The van der Waals surface area contributed by atoms with Crippen molar-refractivity contribution in [2.45, 2.75) is 19.4 Å². The van der Waals surface area contributed by atoms with Crippen molar-refractivity contribution in [1.82, 2.24) is 15.0 Å². The molecule has 0 bridgehead atoms. The number of hydrogen-bond acceptors (Lipinski definition) is 6. The standard InChI is InChI=1S/C15H18BrN5O/c1-10-12(16)3-4-14(19-10)21-6-5-11(8-21)20-13-7-15(22-2)18-9-17-13/h3-4,7,9,11H,5-6,8H2,1-2H3,(H,17,18,20). The minimum atomic E-state index is 0.338. The summed E-state index contributed by atoms with van der Waals surface area (Å²) in [5.41, 5.74) is 1.01. The molecule has 22 heavy (non-hydrogen) atoms. The van der Waals surface area contributed by atoms with Crippen molar-refractivity contribution >= 4 is 27.6 Å². The number of nitrogens with one attached hydrogen (secondary N) is 1. The highest BCUT2D eigenvalue weighted by atomic mass is 79.9. The Kier molecular flexibility index (Phi) is 4.42. The van der Waals surface area contributed by atoms with Gasteiger partial charge in [0.2, 0.25) is 5.88 Å². The molecule has 2 aromatic rings. The van der Waals surface area contributed by atoms with Gasteiger partial charge in [-0.15, -0.1) is 0 Å². The molecule has 6 nitrogen and oxygen atoms in total. The largest absolute Gasteiger partial charge is 0.481 e. The SMILES string of the molecule is COc1cc(NC2CCN(c3ccc(Br)c(C)n3)C2)ncn1. The van der Waals surface area contributed by atoms with Crippen molar-refractivity contribution < 1.29 is 4.74 Å². The second kappa shape index (κ2) is 6.48. The van der Waals surface area contributed by atoms with E-state index in [0.29, 0.717) is 11.9 Å². The molecule has 1 fully saturated rings. The van der Waals surface area contributed by atoms with Gasteiger partial charge in [0.15, 0.2) is 0 Å². The zero-order valence-corrected chi connectivity index (χ0v) is 14.2. The van der Waals surface area contributed by atoms with Crippen molar-refractivity contribution in [3.8, 4) is 5.88 Å². The molecule has 0 radical (unpaired) electrons. The van der Waals surface area contributed by atoms with Crippen LogP contribution in [0.25, 0.3) is 0 Å². The minimum Gasteiger partial charge on any atom is -0.481 e. The first kappa shape index (κ1) is 15.0. The summed E-state index contributed by atoms with van der Waals surface area (Å²) < 4.78 is 6.16. The lowest BCUT2D eigenvalue weighted by Crippen LogP contribution is -2.27. The molecule has 1 aliphatic heterocycles. The molecule has 1 saturated heterocycles. The molecule has 1 unspecified atom stereocenters. The van der Waals surface area contributed by atoms with Crippen LogP contribution in [0, 0.1) is 6.92 Å². The summed E-state index contributed by atoms with van der Waals surface area (Å²) in [6.07, 6.45) is 2.55. The Labute approximate surface area is 138 Å². The molecule has 0 spiro atoms. The van der Waals surface area contributed by atoms with E-state index < -0.39 is 0 Å². The van der Waals surface area contributed by atoms with E-state index >= 15 is 0 Å². The third-order valence-corrected chi connectivity index (χ3v) is 4.56. The van der Waals surface area contributed by atoms with E-state index in [1.807, 2.05) is 25.1 Å². The summed E-state index contributed by atoms with van der Waals surface area (Å²) in [5.74, 6) is 2.38. The fourth-order valence-corrected chi connectivity index (χ4v) is 2.75. The van der Waals surface area contributed by atoms with Crippen molar-refractivity contribution in [2.24, 2.45) is 0 Å². The number of aromatic nitrogens is 3. The normalized spacial score (nSPS) is 17.6. The lowest BCUT2D eigenvalue weighted by molar-refractivity contribution is 0.397. The van der Waals surface area contributed by atoms with E-state index in [0.717, 1.165) is 41.3 Å². The van der Waals surface area contributed by atoms with Gasteiger partial charge in [0.25, 0.3) is 0 Å². The third kappa shape index (κ3) is 3.30. The van der Waals surface area contributed by atoms with Crippen molar-refractivity contribution in [3.63, 3.8) is 0 Å². The summed E-state index contributed by atoms with van der Waals surface area (Å²) in [6.45, 7) is 3.89. The van der Waals surface area contributed by atoms with Gasteiger partial charge in [-0.2, -0.15) is 0 Å². The van der Waals surface area contributed by atoms with Crippen LogP contribution in [0.15, 0.2) is 29.0 Å². The molecule has 0 aromatic carbocycles. The minimum absolute atomic E-state index is 0.338. The Hall–Kier alpha value is -1.89. The molecule has 0 aliphatic carbocycles. The first-order chi connectivity index (χ1) is 10.7. The maximum absolute atomic E-state index is 5.12. The van der Waals surface area contributed by atoms with Crippen LogP contribution in [0.2, 0.25) is 0 Å². The van der Waals surface area contributed by atoms with E-state index in [1.165, 1.54) is 6.33 Å². The second-order valence-electron chi connectivity index (χ2n) is 5.26. The molecule has 3 heterocycles. The Morgan fingerprint density at radius 3 is 3.00 bits per heavy atom. The number of anilines is 2. The van der Waals surface area contributed by atoms with Crippen LogP contribution >= 0.6 is 15.9 Å². The molecule has 116 valence electrons. The number of ether oxygens (including phenoxy) is 1. The van der Waals surface area contributed by atoms with Crippen LogP contribution in [-0.2, 0) is 0 Å². The first-order valence-corrected chi connectivity index (χ1v) is 7.95. The Bertz CT molecular complexity index is 666. The average Bonchev–Trinajstić information content (AvgIpc) is 2.98. The predicted molar refractivity (Wildman–Crippen MR) is 89.5 cm³/mol. The summed E-state index contributed by atoms with van der Waals surface area (Å²) in [4.78, 5) is 15.2. The number of pyridine rings is 1. The number of halogens is 1. The van der Waals surface area contributed by atoms with Gasteiger partial charge in [-0.1, -0.05) is 0 Å². The number of hydrogen-bond donors (Lipinski definition) is 1. The molecular weight excluding hydrogens is 346 g/mol. The quantitative estimate of drug-likeness (QED) is 0.900. The van der Waals surface area contributed by atoms with Crippen LogP contribution in [0.1, 0.15) is 12.1 Å². The molecule has 7 heteroatoms. The Balaban J connectivity index is 1.65. The van der Waals surface area contributed by atoms with Gasteiger partial charge in [0.05, 0.1) is 12.8 Å². The summed E-state index contributed by atoms with van der Waals surface area (Å²) in [6, 6.07) is 6.25. The van der Waals surface area contributed by atoms with Gasteiger partial charge >= 0.3 is 0 Å². The highest BCUT2D eigenvalue weighted by Gasteiger charge is 2.24. The third-order valence-electron chi connectivity index (χ3n) is 3.72. The summed E-state index contributed by atoms with van der Waals surface area (Å²) in [7, 11) is 1.60. The zero-order valence-electron chi connectivity index (χ0n) is 12.6. The van der Waals surface area contributed by atoms with Gasteiger partial charge in [-0.25, -0.2) is 15.0 Å². The summed E-state index contributed by atoms with van der Waals surface area (Å²) in [5, 5.41) is 3.43. The van der Waals surface area contributed by atoms with Gasteiger partial charge in [0, 0.05) is 29.7 Å². The van der Waals surface area contributed by atoms with Gasteiger partial charge in [0.1, 0.15) is 18.0 Å². The van der Waals surface area contributed by atoms with Crippen LogP contribution < -0.4 is 15.0 Å². The fourth-order valence-electron chi connectivity index (χ4n) is 2.53. The van der Waals surface area contributed by atoms with Crippen molar-refractivity contribution in [3.05, 3.63) is 34.7 Å². The maximum atomic E-state index is 5.12. The second-order valence-corrected chi connectivity index (χ2v) is 6.11. The monoisotopic (exact) mass is 363 g/mol. The number of rotatable bonds is 4. The topological polar surface area (TPSA) is 63.2 Å². The maximum Gasteiger partial charge on any atom is 0.218 e. The molecule has 3 rings (SSSR count). The zero-order chi connectivity index (χ0) is 15.5. The Morgan fingerprint density at radius 2 is 2.23 bits per heavy atom. The fraction of sp³-hybridized carbons (Fsp3) is 0.400. The molecule has 0 saturated carbocycles. The highest BCUT2D eigenvalue weighted by molar-refractivity contribution is 9.10. The van der Waals surface area contributed by atoms with E-state index in [1.54, 1.807) is 7.11 Å². The van der Waals surface area contributed by atoms with Gasteiger partial charge in [-0.3, -0.25) is 0 Å². The molecule has 1 aliphatic rings. The lowest BCUT2D eigenvalue weighted by atomic mass is 10.2. The first-order valence-electron chi connectivity index (χ1n) is 7.16. The van der Waals surface area contributed by atoms with Crippen LogP contribution in [0.3, 0.4) is 0 Å². The van der Waals surface area contributed by atoms with Crippen molar-refractivity contribution in [1.29, 1.82) is 0 Å². The Morgan fingerprint density at radius 1 is 1.36 bits per heavy atom. The molecule has 0 amide bonds. The van der Waals surface area contributed by atoms with Crippen molar-refractivity contribution in [2.75, 3.05) is 30.4 Å². The van der Waals surface area contributed by atoms with E-state index in [4.69, 9.17) is 4.74 Å². The van der Waals surface area contributed by atoms with Crippen LogP contribution in [0.5, 0.6) is 5.88 Å². The van der Waals surface area contributed by atoms with Gasteiger partial charge < -0.3 is 15.0 Å². The number of aryl methyl sites for hydroxylation is 1. The molecule has 1 N–H and O–H groups in total. The van der Waals surface area contributed by atoms with Crippen LogP contribution in [-0.4, -0.2) is 41.2 Å². The van der Waals surface area contributed by atoms with Gasteiger partial charge in [-0.05, 0) is 41.4 Å². The highest BCUT2D eigenvalue weighted by Crippen LogP contribution is 2.24.